The fourth-order valence-electron chi connectivity index (χ4n) is 2.58. The second-order valence-electron chi connectivity index (χ2n) is 4.70. The molecule has 0 aromatic heterocycles. The Labute approximate surface area is 101 Å². The molecule has 0 aromatic rings. The standard InChI is InChI=1S/C12H20O5/c1-14-7-10-11(8-15-2)17-12(16-10)5-3-4-9(13)6-12/h10-11H,3-8H2,1-2H3/t10-,11-/m0/s1. The molecule has 1 saturated heterocycles. The number of methoxy groups -OCH3 is 2. The number of rotatable bonds is 4. The van der Waals surface area contributed by atoms with Crippen molar-refractivity contribution < 1.29 is 23.7 Å². The van der Waals surface area contributed by atoms with Crippen molar-refractivity contribution in [2.24, 2.45) is 0 Å². The molecule has 2 atom stereocenters. The molecule has 98 valence electrons. The molecule has 5 nitrogen and oxygen atoms in total. The lowest BCUT2D eigenvalue weighted by atomic mass is 9.93. The largest absolute Gasteiger partial charge is 0.382 e. The van der Waals surface area contributed by atoms with Crippen LogP contribution in [-0.4, -0.2) is 51.2 Å². The quantitative estimate of drug-likeness (QED) is 0.735. The summed E-state index contributed by atoms with van der Waals surface area (Å²) in [4.78, 5) is 11.5. The Bertz CT molecular complexity index is 264. The smallest absolute Gasteiger partial charge is 0.176 e. The number of hydrogen-bond donors (Lipinski definition) is 0. The minimum absolute atomic E-state index is 0.147. The van der Waals surface area contributed by atoms with Crippen LogP contribution >= 0.6 is 0 Å². The van der Waals surface area contributed by atoms with Gasteiger partial charge in [-0.1, -0.05) is 0 Å². The summed E-state index contributed by atoms with van der Waals surface area (Å²) in [5, 5.41) is 0. The third-order valence-electron chi connectivity index (χ3n) is 3.29. The topological polar surface area (TPSA) is 54.0 Å². The van der Waals surface area contributed by atoms with Crippen molar-refractivity contribution in [3.63, 3.8) is 0 Å². The van der Waals surface area contributed by atoms with E-state index >= 15 is 0 Å². The first-order valence-corrected chi connectivity index (χ1v) is 6.04. The van der Waals surface area contributed by atoms with E-state index in [2.05, 4.69) is 0 Å². The van der Waals surface area contributed by atoms with Crippen LogP contribution in [0.2, 0.25) is 0 Å². The van der Waals surface area contributed by atoms with Gasteiger partial charge >= 0.3 is 0 Å². The molecule has 1 aliphatic heterocycles. The normalized spacial score (nSPS) is 32.2. The van der Waals surface area contributed by atoms with Crippen LogP contribution in [0.1, 0.15) is 25.7 Å². The van der Waals surface area contributed by atoms with Crippen LogP contribution in [0.5, 0.6) is 0 Å². The Morgan fingerprint density at radius 2 is 1.82 bits per heavy atom. The van der Waals surface area contributed by atoms with Gasteiger partial charge in [0.1, 0.15) is 18.0 Å². The summed E-state index contributed by atoms with van der Waals surface area (Å²) in [5.74, 6) is -0.507. The van der Waals surface area contributed by atoms with Gasteiger partial charge in [0.15, 0.2) is 5.79 Å². The lowest BCUT2D eigenvalue weighted by Crippen LogP contribution is -2.37. The fraction of sp³-hybridized carbons (Fsp3) is 0.917. The molecule has 17 heavy (non-hydrogen) atoms. The summed E-state index contributed by atoms with van der Waals surface area (Å²) in [6.45, 7) is 0.925. The number of ketones is 1. The molecule has 0 amide bonds. The van der Waals surface area contributed by atoms with E-state index in [0.29, 0.717) is 26.1 Å². The van der Waals surface area contributed by atoms with Crippen molar-refractivity contribution in [3.05, 3.63) is 0 Å². The van der Waals surface area contributed by atoms with Gasteiger partial charge in [0.25, 0.3) is 0 Å². The van der Waals surface area contributed by atoms with E-state index in [4.69, 9.17) is 18.9 Å². The number of carbonyl (C=O) groups excluding carboxylic acids is 1. The van der Waals surface area contributed by atoms with Gasteiger partial charge in [-0.15, -0.1) is 0 Å². The Morgan fingerprint density at radius 3 is 2.29 bits per heavy atom. The maximum absolute atomic E-state index is 11.5. The first-order chi connectivity index (χ1) is 8.19. The van der Waals surface area contributed by atoms with Crippen LogP contribution in [0.4, 0.5) is 0 Å². The molecule has 0 N–H and O–H groups in total. The highest BCUT2D eigenvalue weighted by Gasteiger charge is 2.49. The highest BCUT2D eigenvalue weighted by atomic mass is 16.8. The van der Waals surface area contributed by atoms with Crippen LogP contribution in [0.3, 0.4) is 0 Å². The average molecular weight is 244 g/mol. The molecule has 2 fully saturated rings. The lowest BCUT2D eigenvalue weighted by Gasteiger charge is -2.31. The number of Topliss-reactive ketones (excluding diaryl/α,β-unsaturated/α-hetero) is 1. The molecule has 1 heterocycles. The third-order valence-corrected chi connectivity index (χ3v) is 3.29. The molecule has 0 radical (unpaired) electrons. The molecule has 1 aliphatic carbocycles. The van der Waals surface area contributed by atoms with E-state index < -0.39 is 5.79 Å². The summed E-state index contributed by atoms with van der Waals surface area (Å²) in [6.07, 6.45) is 2.31. The van der Waals surface area contributed by atoms with Gasteiger partial charge in [-0.3, -0.25) is 4.79 Å². The number of ether oxygens (including phenoxy) is 4. The van der Waals surface area contributed by atoms with Crippen molar-refractivity contribution in [2.45, 2.75) is 43.7 Å². The predicted molar refractivity (Wildman–Crippen MR) is 59.7 cm³/mol. The summed E-state index contributed by atoms with van der Waals surface area (Å²) in [5.41, 5.74) is 0. The van der Waals surface area contributed by atoms with E-state index in [-0.39, 0.29) is 18.0 Å². The highest BCUT2D eigenvalue weighted by Crippen LogP contribution is 2.39. The van der Waals surface area contributed by atoms with Gasteiger partial charge in [0.05, 0.1) is 19.6 Å². The van der Waals surface area contributed by atoms with Crippen molar-refractivity contribution in [1.82, 2.24) is 0 Å². The zero-order chi connectivity index (χ0) is 12.3. The molecule has 5 heteroatoms. The maximum atomic E-state index is 11.5. The van der Waals surface area contributed by atoms with E-state index in [1.165, 1.54) is 0 Å². The summed E-state index contributed by atoms with van der Waals surface area (Å²) in [6, 6.07) is 0. The monoisotopic (exact) mass is 244 g/mol. The molecule has 1 spiro atoms. The van der Waals surface area contributed by atoms with Crippen LogP contribution in [0.15, 0.2) is 0 Å². The van der Waals surface area contributed by atoms with Crippen molar-refractivity contribution >= 4 is 5.78 Å². The van der Waals surface area contributed by atoms with E-state index in [0.717, 1.165) is 12.8 Å². The summed E-state index contributed by atoms with van der Waals surface area (Å²) >= 11 is 0. The Kier molecular flexibility index (Phi) is 4.14. The fourth-order valence-corrected chi connectivity index (χ4v) is 2.58. The van der Waals surface area contributed by atoms with Crippen LogP contribution in [-0.2, 0) is 23.7 Å². The van der Waals surface area contributed by atoms with Gasteiger partial charge in [-0.05, 0) is 6.42 Å². The summed E-state index contributed by atoms with van der Waals surface area (Å²) < 4.78 is 22.1. The minimum Gasteiger partial charge on any atom is -0.382 e. The molecular formula is C12H20O5. The first-order valence-electron chi connectivity index (χ1n) is 6.04. The lowest BCUT2D eigenvalue weighted by molar-refractivity contribution is -0.198. The molecule has 0 bridgehead atoms. The van der Waals surface area contributed by atoms with Gasteiger partial charge in [0.2, 0.25) is 0 Å². The van der Waals surface area contributed by atoms with Crippen molar-refractivity contribution in [1.29, 1.82) is 0 Å². The van der Waals surface area contributed by atoms with Crippen LogP contribution in [0.25, 0.3) is 0 Å². The Hall–Kier alpha value is -0.490. The molecule has 0 unspecified atom stereocenters. The maximum Gasteiger partial charge on any atom is 0.176 e. The first kappa shape index (κ1) is 13.0. The second-order valence-corrected chi connectivity index (χ2v) is 4.70. The van der Waals surface area contributed by atoms with E-state index in [9.17, 15) is 4.79 Å². The average Bonchev–Trinajstić information content (AvgIpc) is 2.57. The molecule has 0 aromatic carbocycles. The van der Waals surface area contributed by atoms with Gasteiger partial charge < -0.3 is 18.9 Å². The van der Waals surface area contributed by atoms with Crippen LogP contribution < -0.4 is 0 Å². The van der Waals surface area contributed by atoms with Gasteiger partial charge in [-0.2, -0.15) is 0 Å². The number of hydrogen-bond acceptors (Lipinski definition) is 5. The van der Waals surface area contributed by atoms with E-state index in [1.807, 2.05) is 0 Å². The zero-order valence-corrected chi connectivity index (χ0v) is 10.4. The van der Waals surface area contributed by atoms with E-state index in [1.54, 1.807) is 14.2 Å². The third kappa shape index (κ3) is 2.85. The molecule has 2 rings (SSSR count). The van der Waals surface area contributed by atoms with Gasteiger partial charge in [-0.25, -0.2) is 0 Å². The minimum atomic E-state index is -0.721. The van der Waals surface area contributed by atoms with Crippen LogP contribution in [0, 0.1) is 0 Å². The van der Waals surface area contributed by atoms with Gasteiger partial charge in [0, 0.05) is 27.1 Å². The second kappa shape index (κ2) is 5.44. The predicted octanol–water partition coefficient (Wildman–Crippen LogP) is 0.903. The molecular weight excluding hydrogens is 224 g/mol. The Balaban J connectivity index is 2.03. The highest BCUT2D eigenvalue weighted by molar-refractivity contribution is 5.80. The van der Waals surface area contributed by atoms with Crippen molar-refractivity contribution in [3.8, 4) is 0 Å². The Morgan fingerprint density at radius 1 is 1.24 bits per heavy atom. The SMILES string of the molecule is COC[C@@H]1OC2(CCCC(=O)C2)O[C@H]1COC. The summed E-state index contributed by atoms with van der Waals surface area (Å²) in [7, 11) is 3.26. The molecule has 1 saturated carbocycles. The molecule has 2 aliphatic rings. The number of carbonyl (C=O) groups is 1. The zero-order valence-electron chi connectivity index (χ0n) is 10.4. The van der Waals surface area contributed by atoms with Crippen molar-refractivity contribution in [2.75, 3.05) is 27.4 Å².